The van der Waals surface area contributed by atoms with Crippen molar-refractivity contribution in [2.45, 2.75) is 18.4 Å². The molecule has 1 aliphatic rings. The maximum absolute atomic E-state index is 6.04. The van der Waals surface area contributed by atoms with Crippen molar-refractivity contribution in [1.82, 2.24) is 10.1 Å². The maximum Gasteiger partial charge on any atom is 0.260 e. The SMILES string of the molecule is COC1(c2noc(-c3cccc(Br)c3N)n2)CCOCC1. The molecular weight excluding hydrogens is 338 g/mol. The molecular formula is C14H16BrN3O3. The summed E-state index contributed by atoms with van der Waals surface area (Å²) in [7, 11) is 1.66. The van der Waals surface area contributed by atoms with Gasteiger partial charge in [-0.1, -0.05) is 11.2 Å². The van der Waals surface area contributed by atoms with Gasteiger partial charge in [-0.2, -0.15) is 4.98 Å². The van der Waals surface area contributed by atoms with Crippen molar-refractivity contribution >= 4 is 21.6 Å². The van der Waals surface area contributed by atoms with Gasteiger partial charge < -0.3 is 19.7 Å². The van der Waals surface area contributed by atoms with E-state index in [0.29, 0.717) is 49.0 Å². The highest BCUT2D eigenvalue weighted by Crippen LogP contribution is 2.36. The van der Waals surface area contributed by atoms with Gasteiger partial charge in [0.15, 0.2) is 0 Å². The van der Waals surface area contributed by atoms with Crippen molar-refractivity contribution in [2.75, 3.05) is 26.1 Å². The van der Waals surface area contributed by atoms with Gasteiger partial charge in [0.1, 0.15) is 5.60 Å². The molecule has 2 aromatic rings. The van der Waals surface area contributed by atoms with Crippen LogP contribution >= 0.6 is 15.9 Å². The highest BCUT2D eigenvalue weighted by molar-refractivity contribution is 9.10. The van der Waals surface area contributed by atoms with Crippen LogP contribution in [0.3, 0.4) is 0 Å². The maximum atomic E-state index is 6.04. The molecule has 0 aliphatic carbocycles. The number of aromatic nitrogens is 2. The Labute approximate surface area is 130 Å². The van der Waals surface area contributed by atoms with Crippen LogP contribution in [-0.2, 0) is 15.1 Å². The highest BCUT2D eigenvalue weighted by Gasteiger charge is 2.39. The summed E-state index contributed by atoms with van der Waals surface area (Å²) in [5.41, 5.74) is 6.79. The zero-order chi connectivity index (χ0) is 14.9. The minimum Gasteiger partial charge on any atom is -0.397 e. The minimum atomic E-state index is -0.541. The van der Waals surface area contributed by atoms with Gasteiger partial charge in [0.2, 0.25) is 5.82 Å². The number of ether oxygens (including phenoxy) is 2. The lowest BCUT2D eigenvalue weighted by atomic mass is 9.93. The van der Waals surface area contributed by atoms with Crippen molar-refractivity contribution in [3.8, 4) is 11.5 Å². The fourth-order valence-electron chi connectivity index (χ4n) is 2.46. The lowest BCUT2D eigenvalue weighted by molar-refractivity contribution is -0.101. The van der Waals surface area contributed by atoms with Crippen LogP contribution in [0, 0.1) is 0 Å². The predicted octanol–water partition coefficient (Wildman–Crippen LogP) is 2.73. The number of hydrogen-bond acceptors (Lipinski definition) is 6. The van der Waals surface area contributed by atoms with Gasteiger partial charge in [-0.15, -0.1) is 0 Å². The Morgan fingerprint density at radius 2 is 2.10 bits per heavy atom. The van der Waals surface area contributed by atoms with Crippen molar-refractivity contribution < 1.29 is 14.0 Å². The molecule has 2 heterocycles. The third-order valence-corrected chi connectivity index (χ3v) is 4.50. The minimum absolute atomic E-state index is 0.395. The van der Waals surface area contributed by atoms with E-state index in [0.717, 1.165) is 4.47 Å². The van der Waals surface area contributed by atoms with E-state index in [1.807, 2.05) is 18.2 Å². The average molecular weight is 354 g/mol. The number of rotatable bonds is 3. The van der Waals surface area contributed by atoms with Gasteiger partial charge in [-0.05, 0) is 28.1 Å². The Kier molecular flexibility index (Phi) is 3.97. The molecule has 0 unspecified atom stereocenters. The van der Waals surface area contributed by atoms with Crippen LogP contribution in [0.25, 0.3) is 11.5 Å². The fourth-order valence-corrected chi connectivity index (χ4v) is 2.83. The predicted molar refractivity (Wildman–Crippen MR) is 80.6 cm³/mol. The van der Waals surface area contributed by atoms with E-state index in [2.05, 4.69) is 26.1 Å². The summed E-state index contributed by atoms with van der Waals surface area (Å²) in [5.74, 6) is 0.939. The Morgan fingerprint density at radius 3 is 2.81 bits per heavy atom. The van der Waals surface area contributed by atoms with Gasteiger partial charge in [0.25, 0.3) is 5.89 Å². The number of benzene rings is 1. The highest BCUT2D eigenvalue weighted by atomic mass is 79.9. The second-order valence-electron chi connectivity index (χ2n) is 4.93. The molecule has 1 aliphatic heterocycles. The van der Waals surface area contributed by atoms with Gasteiger partial charge in [0, 0.05) is 37.6 Å². The van der Waals surface area contributed by atoms with Crippen LogP contribution < -0.4 is 5.73 Å². The van der Waals surface area contributed by atoms with Crippen LogP contribution in [0.15, 0.2) is 27.2 Å². The molecule has 0 radical (unpaired) electrons. The molecule has 112 valence electrons. The number of nitrogens with zero attached hydrogens (tertiary/aromatic N) is 2. The topological polar surface area (TPSA) is 83.4 Å². The third-order valence-electron chi connectivity index (χ3n) is 3.81. The second kappa shape index (κ2) is 5.75. The molecule has 0 bridgehead atoms. The molecule has 0 spiro atoms. The van der Waals surface area contributed by atoms with E-state index in [1.165, 1.54) is 0 Å². The number of nitrogens with two attached hydrogens (primary N) is 1. The number of halogens is 1. The van der Waals surface area contributed by atoms with E-state index >= 15 is 0 Å². The van der Waals surface area contributed by atoms with Crippen molar-refractivity contribution in [2.24, 2.45) is 0 Å². The first-order valence-corrected chi connectivity index (χ1v) is 7.47. The first-order chi connectivity index (χ1) is 10.2. The normalized spacial score (nSPS) is 17.8. The first kappa shape index (κ1) is 14.5. The number of methoxy groups -OCH3 is 1. The van der Waals surface area contributed by atoms with Crippen molar-refractivity contribution in [3.05, 3.63) is 28.5 Å². The van der Waals surface area contributed by atoms with Gasteiger partial charge >= 0.3 is 0 Å². The summed E-state index contributed by atoms with van der Waals surface area (Å²) in [5, 5.41) is 4.09. The Hall–Kier alpha value is -1.44. The zero-order valence-corrected chi connectivity index (χ0v) is 13.2. The molecule has 1 aromatic heterocycles. The molecule has 7 heteroatoms. The molecule has 6 nitrogen and oxygen atoms in total. The number of anilines is 1. The van der Waals surface area contributed by atoms with Crippen LogP contribution in [0.5, 0.6) is 0 Å². The summed E-state index contributed by atoms with van der Waals surface area (Å²) >= 11 is 3.39. The summed E-state index contributed by atoms with van der Waals surface area (Å²) in [4.78, 5) is 4.49. The standard InChI is InChI=1S/C14H16BrN3O3/c1-19-14(5-7-20-8-6-14)13-17-12(21-18-13)9-3-2-4-10(15)11(9)16/h2-4H,5-8,16H2,1H3. The quantitative estimate of drug-likeness (QED) is 0.854. The van der Waals surface area contributed by atoms with E-state index in [1.54, 1.807) is 7.11 Å². The number of nitrogen functional groups attached to an aromatic ring is 1. The Bertz CT molecular complexity index is 638. The molecule has 0 amide bonds. The van der Waals surface area contributed by atoms with Crippen molar-refractivity contribution in [3.63, 3.8) is 0 Å². The van der Waals surface area contributed by atoms with E-state index in [9.17, 15) is 0 Å². The molecule has 1 fully saturated rings. The summed E-state index contributed by atoms with van der Waals surface area (Å²) < 4.78 is 17.2. The van der Waals surface area contributed by atoms with Crippen LogP contribution in [0.1, 0.15) is 18.7 Å². The molecule has 3 rings (SSSR count). The van der Waals surface area contributed by atoms with E-state index in [-0.39, 0.29) is 0 Å². The molecule has 1 aromatic carbocycles. The first-order valence-electron chi connectivity index (χ1n) is 6.68. The van der Waals surface area contributed by atoms with Crippen LogP contribution in [0.2, 0.25) is 0 Å². The second-order valence-corrected chi connectivity index (χ2v) is 5.79. The zero-order valence-electron chi connectivity index (χ0n) is 11.6. The lowest BCUT2D eigenvalue weighted by Gasteiger charge is -2.32. The molecule has 0 saturated carbocycles. The van der Waals surface area contributed by atoms with Gasteiger partial charge in [0.05, 0.1) is 11.3 Å². The smallest absolute Gasteiger partial charge is 0.260 e. The summed E-state index contributed by atoms with van der Waals surface area (Å²) in [6.07, 6.45) is 1.41. The van der Waals surface area contributed by atoms with Crippen LogP contribution in [-0.4, -0.2) is 30.5 Å². The lowest BCUT2D eigenvalue weighted by Crippen LogP contribution is -2.36. The number of hydrogen-bond donors (Lipinski definition) is 1. The van der Waals surface area contributed by atoms with Gasteiger partial charge in [-0.3, -0.25) is 0 Å². The monoisotopic (exact) mass is 353 g/mol. The third kappa shape index (κ3) is 2.56. The largest absolute Gasteiger partial charge is 0.397 e. The van der Waals surface area contributed by atoms with Crippen molar-refractivity contribution in [1.29, 1.82) is 0 Å². The van der Waals surface area contributed by atoms with E-state index < -0.39 is 5.60 Å². The Morgan fingerprint density at radius 1 is 1.33 bits per heavy atom. The molecule has 2 N–H and O–H groups in total. The van der Waals surface area contributed by atoms with E-state index in [4.69, 9.17) is 19.7 Å². The summed E-state index contributed by atoms with van der Waals surface area (Å²) in [6, 6.07) is 5.59. The average Bonchev–Trinajstić information content (AvgIpc) is 3.01. The molecule has 21 heavy (non-hydrogen) atoms. The summed E-state index contributed by atoms with van der Waals surface area (Å²) in [6.45, 7) is 1.24. The van der Waals surface area contributed by atoms with Gasteiger partial charge in [-0.25, -0.2) is 0 Å². The Balaban J connectivity index is 1.98. The number of para-hydroxylation sites is 1. The fraction of sp³-hybridized carbons (Fsp3) is 0.429. The molecule has 1 saturated heterocycles. The van der Waals surface area contributed by atoms with Crippen LogP contribution in [0.4, 0.5) is 5.69 Å². The molecule has 0 atom stereocenters.